The minimum Gasteiger partial charge on any atom is -0.748 e. The molecule has 0 spiro atoms. The third kappa shape index (κ3) is 23.5. The van der Waals surface area contributed by atoms with Crippen molar-refractivity contribution in [3.63, 3.8) is 0 Å². The average molecular weight is 457 g/mol. The maximum Gasteiger partial charge on any atom is 1.00 e. The summed E-state index contributed by atoms with van der Waals surface area (Å²) < 4.78 is 33.9. The van der Waals surface area contributed by atoms with Crippen LogP contribution in [0.2, 0.25) is 0 Å². The Morgan fingerprint density at radius 3 is 1.27 bits per heavy atom. The van der Waals surface area contributed by atoms with E-state index in [-0.39, 0.29) is 36.0 Å². The molecule has 0 aliphatic carbocycles. The third-order valence-electron chi connectivity index (χ3n) is 5.94. The van der Waals surface area contributed by atoms with Gasteiger partial charge in [0, 0.05) is 5.25 Å². The molecule has 30 heavy (non-hydrogen) atoms. The van der Waals surface area contributed by atoms with Gasteiger partial charge in [0.2, 0.25) is 0 Å². The number of hydrogen-bond acceptors (Lipinski definition) is 4. The monoisotopic (exact) mass is 456 g/mol. The predicted octanol–water partition coefficient (Wildman–Crippen LogP) is 4.11. The molecular weight excluding hydrogens is 407 g/mol. The van der Waals surface area contributed by atoms with Gasteiger partial charge in [0.05, 0.1) is 16.2 Å². The van der Waals surface area contributed by atoms with E-state index in [0.717, 1.165) is 19.3 Å². The van der Waals surface area contributed by atoms with Gasteiger partial charge in [0.15, 0.2) is 0 Å². The van der Waals surface area contributed by atoms with Gasteiger partial charge in [-0.15, -0.1) is 0 Å². The number of aliphatic hydroxyl groups excluding tert-OH is 1. The van der Waals surface area contributed by atoms with Crippen LogP contribution in [0, 0.1) is 0 Å². The van der Waals surface area contributed by atoms with Gasteiger partial charge in [-0.2, -0.15) is 0 Å². The van der Waals surface area contributed by atoms with Crippen molar-refractivity contribution in [2.24, 2.45) is 0 Å². The van der Waals surface area contributed by atoms with Crippen molar-refractivity contribution in [1.82, 2.24) is 0 Å². The maximum absolute atomic E-state index is 11.3. The first-order chi connectivity index (χ1) is 13.9. The van der Waals surface area contributed by atoms with Gasteiger partial charge in [-0.05, 0) is 26.2 Å². The van der Waals surface area contributed by atoms with Crippen LogP contribution in [0.15, 0.2) is 0 Å². The molecule has 4 nitrogen and oxygen atoms in total. The topological polar surface area (TPSA) is 77.4 Å². The second-order valence-corrected chi connectivity index (χ2v) is 10.6. The fourth-order valence-corrected chi connectivity index (χ4v) is 4.84. The largest absolute Gasteiger partial charge is 1.00 e. The molecular formula is C24H49NaO4S. The Labute approximate surface area is 210 Å². The van der Waals surface area contributed by atoms with E-state index >= 15 is 0 Å². The van der Waals surface area contributed by atoms with Crippen LogP contribution in [0.25, 0.3) is 0 Å². The van der Waals surface area contributed by atoms with Gasteiger partial charge in [-0.1, -0.05) is 116 Å². The summed E-state index contributed by atoms with van der Waals surface area (Å²) in [5.74, 6) is 0. The number of hydrogen-bond donors (Lipinski definition) is 1. The minimum absolute atomic E-state index is 0. The number of unbranched alkanes of at least 4 members (excludes halogenated alkanes) is 16. The standard InChI is InChI=1S/C24H50O4S.Na/c1-3-4-5-6-7-8-9-10-11-12-13-14-15-16-17-18-19-20-24(29(26,27)28)22-21-23(2)25;/h23-25H,3-22H2,1-2H3,(H,26,27,28);/q;+1/p-1. The van der Waals surface area contributed by atoms with Gasteiger partial charge in [-0.25, -0.2) is 8.42 Å². The molecule has 6 heteroatoms. The number of rotatable bonds is 22. The quantitative estimate of drug-likeness (QED) is 0.151. The normalized spacial score (nSPS) is 13.7. The molecule has 0 bridgehead atoms. The van der Waals surface area contributed by atoms with E-state index in [4.69, 9.17) is 0 Å². The summed E-state index contributed by atoms with van der Waals surface area (Å²) in [6.07, 6.45) is 22.5. The van der Waals surface area contributed by atoms with E-state index in [1.54, 1.807) is 6.92 Å². The summed E-state index contributed by atoms with van der Waals surface area (Å²) in [5.41, 5.74) is 0. The van der Waals surface area contributed by atoms with E-state index in [1.807, 2.05) is 0 Å². The van der Waals surface area contributed by atoms with Gasteiger partial charge in [0.25, 0.3) is 0 Å². The summed E-state index contributed by atoms with van der Waals surface area (Å²) in [4.78, 5) is 0. The van der Waals surface area contributed by atoms with Crippen molar-refractivity contribution in [3.8, 4) is 0 Å². The van der Waals surface area contributed by atoms with E-state index in [0.29, 0.717) is 12.8 Å². The molecule has 176 valence electrons. The van der Waals surface area contributed by atoms with Crippen molar-refractivity contribution < 1.29 is 47.6 Å². The summed E-state index contributed by atoms with van der Waals surface area (Å²) >= 11 is 0. The Balaban J connectivity index is 0. The number of aliphatic hydroxyl groups is 1. The zero-order valence-corrected chi connectivity index (χ0v) is 23.2. The van der Waals surface area contributed by atoms with Crippen LogP contribution in [0.5, 0.6) is 0 Å². The molecule has 0 saturated carbocycles. The Morgan fingerprint density at radius 1 is 0.633 bits per heavy atom. The molecule has 0 aromatic heterocycles. The Bertz CT molecular complexity index is 440. The smallest absolute Gasteiger partial charge is 0.748 e. The Hall–Kier alpha value is 0.870. The van der Waals surface area contributed by atoms with Gasteiger partial charge in [0.1, 0.15) is 0 Å². The molecule has 0 amide bonds. The third-order valence-corrected chi connectivity index (χ3v) is 7.23. The van der Waals surface area contributed by atoms with Crippen molar-refractivity contribution >= 4 is 10.1 Å². The first kappa shape index (κ1) is 33.0. The first-order valence-electron chi connectivity index (χ1n) is 12.5. The summed E-state index contributed by atoms with van der Waals surface area (Å²) in [7, 11) is -4.24. The zero-order valence-electron chi connectivity index (χ0n) is 20.4. The summed E-state index contributed by atoms with van der Waals surface area (Å²) in [6, 6.07) is 0. The van der Waals surface area contributed by atoms with Gasteiger partial charge >= 0.3 is 29.6 Å². The molecule has 1 N–H and O–H groups in total. The van der Waals surface area contributed by atoms with E-state index in [2.05, 4.69) is 6.92 Å². The van der Waals surface area contributed by atoms with Crippen LogP contribution in [0.3, 0.4) is 0 Å². The molecule has 2 unspecified atom stereocenters. The molecule has 0 heterocycles. The van der Waals surface area contributed by atoms with E-state index in [9.17, 15) is 18.1 Å². The van der Waals surface area contributed by atoms with E-state index in [1.165, 1.54) is 89.9 Å². The van der Waals surface area contributed by atoms with Gasteiger partial charge in [-0.3, -0.25) is 0 Å². The van der Waals surface area contributed by atoms with Crippen LogP contribution in [-0.2, 0) is 10.1 Å². The van der Waals surface area contributed by atoms with Crippen LogP contribution in [-0.4, -0.2) is 29.4 Å². The summed E-state index contributed by atoms with van der Waals surface area (Å²) in [5, 5.41) is 8.46. The SMILES string of the molecule is CCCCCCCCCCCCCCCCCCCC(CCC(C)O)S(=O)(=O)[O-].[Na+]. The van der Waals surface area contributed by atoms with Crippen molar-refractivity contribution in [2.45, 2.75) is 154 Å². The van der Waals surface area contributed by atoms with Crippen molar-refractivity contribution in [3.05, 3.63) is 0 Å². The molecule has 0 aromatic carbocycles. The molecule has 0 aromatic rings. The molecule has 0 aliphatic heterocycles. The molecule has 0 fully saturated rings. The van der Waals surface area contributed by atoms with Crippen LogP contribution in [0.4, 0.5) is 0 Å². The zero-order chi connectivity index (χ0) is 21.8. The predicted molar refractivity (Wildman–Crippen MR) is 123 cm³/mol. The van der Waals surface area contributed by atoms with Crippen molar-refractivity contribution in [1.29, 1.82) is 0 Å². The maximum atomic E-state index is 11.3. The minimum atomic E-state index is -4.24. The second-order valence-electron chi connectivity index (χ2n) is 8.99. The molecule has 0 radical (unpaired) electrons. The van der Waals surface area contributed by atoms with Gasteiger partial charge < -0.3 is 9.66 Å². The first-order valence-corrected chi connectivity index (χ1v) is 14.0. The molecule has 0 saturated heterocycles. The summed E-state index contributed by atoms with van der Waals surface area (Å²) in [6.45, 7) is 3.90. The molecule has 0 aliphatic rings. The Kier molecular flexibility index (Phi) is 25.4. The van der Waals surface area contributed by atoms with Crippen LogP contribution >= 0.6 is 0 Å². The fraction of sp³-hybridized carbons (Fsp3) is 1.00. The van der Waals surface area contributed by atoms with Crippen molar-refractivity contribution in [2.75, 3.05) is 0 Å². The fourth-order valence-electron chi connectivity index (χ4n) is 3.96. The molecule has 2 atom stereocenters. The Morgan fingerprint density at radius 2 is 0.967 bits per heavy atom. The van der Waals surface area contributed by atoms with Crippen LogP contribution in [0.1, 0.15) is 142 Å². The van der Waals surface area contributed by atoms with E-state index < -0.39 is 21.5 Å². The second kappa shape index (κ2) is 23.0. The average Bonchev–Trinajstić information content (AvgIpc) is 2.65. The molecule has 0 rings (SSSR count). The van der Waals surface area contributed by atoms with Crippen LogP contribution < -0.4 is 29.6 Å².